The van der Waals surface area contributed by atoms with E-state index in [4.69, 9.17) is 4.74 Å². The second kappa shape index (κ2) is 5.98. The monoisotopic (exact) mass is 249 g/mol. The summed E-state index contributed by atoms with van der Waals surface area (Å²) in [6.45, 7) is 9.62. The van der Waals surface area contributed by atoms with Crippen LogP contribution in [0.2, 0.25) is 0 Å². The summed E-state index contributed by atoms with van der Waals surface area (Å²) in [5, 5.41) is 0. The smallest absolute Gasteiger partial charge is 0.309 e. The maximum Gasteiger partial charge on any atom is 0.309 e. The first-order chi connectivity index (χ1) is 8.31. The van der Waals surface area contributed by atoms with Gasteiger partial charge in [0.1, 0.15) is 5.60 Å². The molecule has 0 aliphatic heterocycles. The number of carbonyl (C=O) groups excluding carboxylic acids is 1. The van der Waals surface area contributed by atoms with E-state index in [1.165, 1.54) is 5.56 Å². The van der Waals surface area contributed by atoms with Crippen LogP contribution < -0.4 is 0 Å². The van der Waals surface area contributed by atoms with Crippen molar-refractivity contribution in [2.24, 2.45) is 5.92 Å². The van der Waals surface area contributed by atoms with E-state index in [9.17, 15) is 4.79 Å². The van der Waals surface area contributed by atoms with E-state index in [1.807, 2.05) is 40.0 Å². The Morgan fingerprint density at radius 2 is 2.06 bits per heavy atom. The largest absolute Gasteiger partial charge is 0.460 e. The predicted molar refractivity (Wildman–Crippen MR) is 72.3 cm³/mol. The van der Waals surface area contributed by atoms with Gasteiger partial charge in [0.05, 0.1) is 5.92 Å². The lowest BCUT2D eigenvalue weighted by atomic mass is 10.0. The summed E-state index contributed by atoms with van der Waals surface area (Å²) < 4.78 is 5.35. The minimum atomic E-state index is -0.426. The van der Waals surface area contributed by atoms with Crippen LogP contribution in [0.5, 0.6) is 0 Å². The molecule has 1 rings (SSSR count). The molecular formula is C15H23NO2. The second-order valence-electron chi connectivity index (χ2n) is 5.65. The molecule has 0 bridgehead atoms. The van der Waals surface area contributed by atoms with Crippen LogP contribution in [0.1, 0.15) is 45.9 Å². The summed E-state index contributed by atoms with van der Waals surface area (Å²) in [7, 11) is 0. The molecule has 1 unspecified atom stereocenters. The molecule has 0 aliphatic rings. The first-order valence-corrected chi connectivity index (χ1v) is 6.48. The van der Waals surface area contributed by atoms with Crippen molar-refractivity contribution in [1.82, 2.24) is 4.98 Å². The molecule has 1 heterocycles. The highest BCUT2D eigenvalue weighted by Crippen LogP contribution is 2.14. The molecule has 100 valence electrons. The molecule has 0 radical (unpaired) electrons. The highest BCUT2D eigenvalue weighted by atomic mass is 16.6. The van der Waals surface area contributed by atoms with Crippen LogP contribution in [-0.2, 0) is 22.4 Å². The minimum Gasteiger partial charge on any atom is -0.460 e. The van der Waals surface area contributed by atoms with Crippen molar-refractivity contribution in [2.75, 3.05) is 0 Å². The first-order valence-electron chi connectivity index (χ1n) is 6.48. The Morgan fingerprint density at radius 1 is 1.39 bits per heavy atom. The summed E-state index contributed by atoms with van der Waals surface area (Å²) in [6, 6.07) is 4.05. The van der Waals surface area contributed by atoms with Crippen LogP contribution in [0.3, 0.4) is 0 Å². The first kappa shape index (κ1) is 14.7. The van der Waals surface area contributed by atoms with Gasteiger partial charge in [0.25, 0.3) is 0 Å². The van der Waals surface area contributed by atoms with Crippen LogP contribution in [0.15, 0.2) is 18.3 Å². The molecule has 0 aromatic carbocycles. The molecule has 0 spiro atoms. The minimum absolute atomic E-state index is 0.163. The van der Waals surface area contributed by atoms with Gasteiger partial charge in [0, 0.05) is 18.3 Å². The van der Waals surface area contributed by atoms with Crippen molar-refractivity contribution in [3.05, 3.63) is 29.6 Å². The summed E-state index contributed by atoms with van der Waals surface area (Å²) in [5.41, 5.74) is 1.72. The number of aromatic nitrogens is 1. The molecule has 0 saturated carbocycles. The van der Waals surface area contributed by atoms with Gasteiger partial charge in [-0.1, -0.05) is 19.9 Å². The zero-order chi connectivity index (χ0) is 13.8. The number of ether oxygens (including phenoxy) is 1. The Hall–Kier alpha value is -1.38. The fourth-order valence-corrected chi connectivity index (χ4v) is 1.58. The Balaban J connectivity index is 2.58. The highest BCUT2D eigenvalue weighted by Gasteiger charge is 2.22. The number of hydrogen-bond acceptors (Lipinski definition) is 3. The van der Waals surface area contributed by atoms with Gasteiger partial charge in [-0.25, -0.2) is 0 Å². The van der Waals surface area contributed by atoms with Gasteiger partial charge in [0.15, 0.2) is 0 Å². The molecule has 0 fully saturated rings. The topological polar surface area (TPSA) is 39.2 Å². The van der Waals surface area contributed by atoms with Crippen molar-refractivity contribution in [2.45, 2.75) is 53.1 Å². The lowest BCUT2D eigenvalue weighted by Crippen LogP contribution is -2.28. The van der Waals surface area contributed by atoms with E-state index in [2.05, 4.69) is 18.0 Å². The number of rotatable bonds is 4. The maximum absolute atomic E-state index is 11.8. The van der Waals surface area contributed by atoms with Crippen LogP contribution >= 0.6 is 0 Å². The molecule has 1 atom stereocenters. The van der Waals surface area contributed by atoms with E-state index < -0.39 is 5.60 Å². The third kappa shape index (κ3) is 4.86. The van der Waals surface area contributed by atoms with Gasteiger partial charge in [-0.2, -0.15) is 0 Å². The number of nitrogens with zero attached hydrogens (tertiary/aromatic N) is 1. The fraction of sp³-hybridized carbons (Fsp3) is 0.600. The van der Waals surface area contributed by atoms with Crippen molar-refractivity contribution < 1.29 is 9.53 Å². The fourth-order valence-electron chi connectivity index (χ4n) is 1.58. The lowest BCUT2D eigenvalue weighted by molar-refractivity contribution is -0.159. The number of carbonyl (C=O) groups is 1. The van der Waals surface area contributed by atoms with Gasteiger partial charge >= 0.3 is 5.97 Å². The van der Waals surface area contributed by atoms with Crippen LogP contribution in [0.25, 0.3) is 0 Å². The van der Waals surface area contributed by atoms with E-state index in [0.717, 1.165) is 12.1 Å². The molecule has 0 aliphatic carbocycles. The van der Waals surface area contributed by atoms with E-state index in [0.29, 0.717) is 6.42 Å². The average molecular weight is 249 g/mol. The predicted octanol–water partition coefficient (Wildman–Crippen LogP) is 3.16. The molecule has 1 aromatic heterocycles. The summed E-state index contributed by atoms with van der Waals surface area (Å²) in [6.07, 6.45) is 3.48. The van der Waals surface area contributed by atoms with Crippen molar-refractivity contribution in [3.63, 3.8) is 0 Å². The van der Waals surface area contributed by atoms with Gasteiger partial charge < -0.3 is 4.74 Å². The molecule has 0 amide bonds. The molecule has 3 nitrogen and oxygen atoms in total. The number of aryl methyl sites for hydroxylation is 1. The van der Waals surface area contributed by atoms with Crippen molar-refractivity contribution >= 4 is 5.97 Å². The Labute approximate surface area is 110 Å². The third-order valence-corrected chi connectivity index (χ3v) is 2.62. The van der Waals surface area contributed by atoms with Crippen LogP contribution in [-0.4, -0.2) is 16.6 Å². The third-order valence-electron chi connectivity index (χ3n) is 2.62. The van der Waals surface area contributed by atoms with Crippen LogP contribution in [0.4, 0.5) is 0 Å². The molecule has 1 aromatic rings. The highest BCUT2D eigenvalue weighted by molar-refractivity contribution is 5.72. The van der Waals surface area contributed by atoms with Gasteiger partial charge in [-0.05, 0) is 38.8 Å². The lowest BCUT2D eigenvalue weighted by Gasteiger charge is -2.22. The number of pyridine rings is 1. The van der Waals surface area contributed by atoms with E-state index >= 15 is 0 Å². The zero-order valence-corrected chi connectivity index (χ0v) is 12.0. The Kier molecular flexibility index (Phi) is 4.88. The number of hydrogen-bond donors (Lipinski definition) is 0. The quantitative estimate of drug-likeness (QED) is 0.769. The standard InChI is InChI=1S/C15H23NO2/c1-6-12-7-8-13(16-10-12)9-11(2)14(17)18-15(3,4)5/h7-8,10-11H,6,9H2,1-5H3. The molecule has 0 N–H and O–H groups in total. The average Bonchev–Trinajstić information content (AvgIpc) is 2.27. The SMILES string of the molecule is CCc1ccc(CC(C)C(=O)OC(C)(C)C)nc1. The molecular weight excluding hydrogens is 226 g/mol. The molecule has 18 heavy (non-hydrogen) atoms. The molecule has 3 heteroatoms. The van der Waals surface area contributed by atoms with E-state index in [1.54, 1.807) is 0 Å². The summed E-state index contributed by atoms with van der Waals surface area (Å²) in [5.74, 6) is -0.326. The van der Waals surface area contributed by atoms with E-state index in [-0.39, 0.29) is 11.9 Å². The van der Waals surface area contributed by atoms with Crippen molar-refractivity contribution in [1.29, 1.82) is 0 Å². The Bertz CT molecular complexity index is 390. The van der Waals surface area contributed by atoms with Gasteiger partial charge in [-0.15, -0.1) is 0 Å². The Morgan fingerprint density at radius 3 is 2.50 bits per heavy atom. The van der Waals surface area contributed by atoms with Gasteiger partial charge in [0.2, 0.25) is 0 Å². The van der Waals surface area contributed by atoms with Crippen molar-refractivity contribution in [3.8, 4) is 0 Å². The molecule has 0 saturated heterocycles. The van der Waals surface area contributed by atoms with Gasteiger partial charge in [-0.3, -0.25) is 9.78 Å². The summed E-state index contributed by atoms with van der Waals surface area (Å²) in [4.78, 5) is 16.2. The normalized spacial score (nSPS) is 13.2. The summed E-state index contributed by atoms with van der Waals surface area (Å²) >= 11 is 0. The van der Waals surface area contributed by atoms with Crippen LogP contribution in [0, 0.1) is 5.92 Å². The maximum atomic E-state index is 11.8. The second-order valence-corrected chi connectivity index (χ2v) is 5.65. The zero-order valence-electron chi connectivity index (χ0n) is 12.0. The number of esters is 1.